The maximum Gasteiger partial charge on any atom is 0.257 e. The molecular weight excluding hydrogens is 456 g/mol. The van der Waals surface area contributed by atoms with Gasteiger partial charge in [-0.1, -0.05) is 87.4 Å². The van der Waals surface area contributed by atoms with Gasteiger partial charge in [0.25, 0.3) is 5.91 Å². The van der Waals surface area contributed by atoms with Gasteiger partial charge in [0.05, 0.1) is 10.6 Å². The molecule has 6 heteroatoms. The maximum atomic E-state index is 12.6. The number of hydrogen-bond donors (Lipinski definition) is 1. The lowest BCUT2D eigenvalue weighted by atomic mass is 10.1. The number of amides is 1. The molecule has 0 saturated heterocycles. The molecule has 0 fully saturated rings. The van der Waals surface area contributed by atoms with Crippen LogP contribution < -0.4 is 5.32 Å². The van der Waals surface area contributed by atoms with Crippen LogP contribution >= 0.6 is 38.9 Å². The van der Waals surface area contributed by atoms with E-state index < -0.39 is 0 Å². The molecule has 0 spiro atoms. The van der Waals surface area contributed by atoms with Crippen molar-refractivity contribution in [1.82, 2.24) is 4.98 Å². The van der Waals surface area contributed by atoms with Crippen molar-refractivity contribution in [3.05, 3.63) is 93.9 Å². The van der Waals surface area contributed by atoms with Gasteiger partial charge < -0.3 is 0 Å². The maximum absolute atomic E-state index is 12.6. The Kier molecular flexibility index (Phi) is 5.57. The van der Waals surface area contributed by atoms with Crippen LogP contribution in [0.4, 0.5) is 5.13 Å². The Hall–Kier alpha value is -2.47. The van der Waals surface area contributed by atoms with Crippen LogP contribution in [0.3, 0.4) is 0 Å². The fraction of sp³-hybridized carbons (Fsp3) is 0. The van der Waals surface area contributed by atoms with E-state index in [1.807, 2.05) is 66.7 Å². The van der Waals surface area contributed by atoms with Gasteiger partial charge in [0.1, 0.15) is 0 Å². The summed E-state index contributed by atoms with van der Waals surface area (Å²) in [6.07, 6.45) is 0. The van der Waals surface area contributed by atoms with Gasteiger partial charge in [0.15, 0.2) is 5.13 Å². The van der Waals surface area contributed by atoms with E-state index in [0.29, 0.717) is 15.7 Å². The second-order valence-electron chi connectivity index (χ2n) is 6.03. The predicted octanol–water partition coefficient (Wildman–Crippen LogP) is 7.15. The van der Waals surface area contributed by atoms with Crippen molar-refractivity contribution in [2.45, 2.75) is 0 Å². The van der Waals surface area contributed by atoms with Crippen molar-refractivity contribution in [2.75, 3.05) is 5.32 Å². The first-order valence-electron chi connectivity index (χ1n) is 8.49. The van der Waals surface area contributed by atoms with Gasteiger partial charge in [0, 0.05) is 20.6 Å². The van der Waals surface area contributed by atoms with Gasteiger partial charge in [0.2, 0.25) is 0 Å². The minimum atomic E-state index is -0.197. The van der Waals surface area contributed by atoms with Crippen LogP contribution in [0, 0.1) is 0 Å². The first-order valence-corrected chi connectivity index (χ1v) is 10.5. The molecule has 1 N–H and O–H groups in total. The SMILES string of the molecule is O=C(Nc1nc(-c2ccc(Cl)cc2)c(-c2ccccc2)s1)c1cccc(Br)c1. The van der Waals surface area contributed by atoms with Gasteiger partial charge in [-0.3, -0.25) is 10.1 Å². The minimum absolute atomic E-state index is 0.197. The zero-order valence-electron chi connectivity index (χ0n) is 14.5. The summed E-state index contributed by atoms with van der Waals surface area (Å²) >= 11 is 10.9. The topological polar surface area (TPSA) is 42.0 Å². The van der Waals surface area contributed by atoms with Crippen LogP contribution in [-0.2, 0) is 0 Å². The lowest BCUT2D eigenvalue weighted by molar-refractivity contribution is 0.102. The summed E-state index contributed by atoms with van der Waals surface area (Å²) in [5.41, 5.74) is 3.38. The Morgan fingerprint density at radius 2 is 1.68 bits per heavy atom. The molecule has 0 atom stereocenters. The summed E-state index contributed by atoms with van der Waals surface area (Å²) in [4.78, 5) is 18.3. The lowest BCUT2D eigenvalue weighted by Crippen LogP contribution is -2.11. The second-order valence-corrected chi connectivity index (χ2v) is 8.39. The molecule has 3 aromatic carbocycles. The van der Waals surface area contributed by atoms with Crippen molar-refractivity contribution in [3.8, 4) is 21.7 Å². The largest absolute Gasteiger partial charge is 0.298 e. The third kappa shape index (κ3) is 4.17. The van der Waals surface area contributed by atoms with E-state index in [0.717, 1.165) is 26.2 Å². The summed E-state index contributed by atoms with van der Waals surface area (Å²) in [5, 5.41) is 4.14. The molecule has 0 radical (unpaired) electrons. The third-order valence-corrected chi connectivity index (χ3v) is 5.85. The molecule has 0 aliphatic carbocycles. The van der Waals surface area contributed by atoms with Crippen LogP contribution in [0.5, 0.6) is 0 Å². The molecule has 1 heterocycles. The molecule has 4 rings (SSSR count). The number of nitrogens with one attached hydrogen (secondary N) is 1. The minimum Gasteiger partial charge on any atom is -0.298 e. The highest BCUT2D eigenvalue weighted by Crippen LogP contribution is 2.39. The first kappa shape index (κ1) is 18.9. The fourth-order valence-corrected chi connectivity index (χ4v) is 4.27. The Morgan fingerprint density at radius 3 is 2.39 bits per heavy atom. The smallest absolute Gasteiger partial charge is 0.257 e. The zero-order valence-corrected chi connectivity index (χ0v) is 17.7. The monoisotopic (exact) mass is 468 g/mol. The van der Waals surface area contributed by atoms with Gasteiger partial charge in [-0.2, -0.15) is 0 Å². The van der Waals surface area contributed by atoms with Crippen LogP contribution in [0.15, 0.2) is 83.3 Å². The van der Waals surface area contributed by atoms with E-state index >= 15 is 0 Å². The predicted molar refractivity (Wildman–Crippen MR) is 120 cm³/mol. The fourth-order valence-electron chi connectivity index (χ4n) is 2.76. The number of rotatable bonds is 4. The van der Waals surface area contributed by atoms with E-state index in [4.69, 9.17) is 16.6 Å². The molecule has 1 aromatic heterocycles. The summed E-state index contributed by atoms with van der Waals surface area (Å²) in [7, 11) is 0. The molecule has 0 bridgehead atoms. The quantitative estimate of drug-likeness (QED) is 0.345. The van der Waals surface area contributed by atoms with Crippen LogP contribution in [-0.4, -0.2) is 10.9 Å². The summed E-state index contributed by atoms with van der Waals surface area (Å²) in [5.74, 6) is -0.197. The highest BCUT2D eigenvalue weighted by Gasteiger charge is 2.17. The molecule has 28 heavy (non-hydrogen) atoms. The summed E-state index contributed by atoms with van der Waals surface area (Å²) in [6, 6.07) is 24.8. The summed E-state index contributed by atoms with van der Waals surface area (Å²) in [6.45, 7) is 0. The van der Waals surface area contributed by atoms with Crippen molar-refractivity contribution in [1.29, 1.82) is 0 Å². The average molecular weight is 470 g/mol. The van der Waals surface area contributed by atoms with E-state index in [-0.39, 0.29) is 5.91 Å². The molecule has 0 saturated carbocycles. The Bertz CT molecular complexity index is 1130. The number of benzene rings is 3. The standard InChI is InChI=1S/C22H14BrClN2OS/c23-17-8-4-7-16(13-17)21(27)26-22-25-19(14-9-11-18(24)12-10-14)20(28-22)15-5-2-1-3-6-15/h1-13H,(H,25,26,27). The van der Waals surface area contributed by atoms with Crippen LogP contribution in [0.25, 0.3) is 21.7 Å². The van der Waals surface area contributed by atoms with Crippen molar-refractivity contribution < 1.29 is 4.79 Å². The number of anilines is 1. The molecular formula is C22H14BrClN2OS. The molecule has 4 aromatic rings. The Labute approximate surface area is 180 Å². The third-order valence-electron chi connectivity index (χ3n) is 4.09. The molecule has 138 valence electrons. The normalized spacial score (nSPS) is 10.6. The first-order chi connectivity index (χ1) is 13.6. The Balaban J connectivity index is 1.73. The number of thiazole rings is 1. The van der Waals surface area contributed by atoms with Gasteiger partial charge in [-0.15, -0.1) is 0 Å². The van der Waals surface area contributed by atoms with E-state index in [9.17, 15) is 4.79 Å². The van der Waals surface area contributed by atoms with Gasteiger partial charge >= 0.3 is 0 Å². The second kappa shape index (κ2) is 8.27. The molecule has 0 aliphatic rings. The molecule has 1 amide bonds. The Morgan fingerprint density at radius 1 is 0.929 bits per heavy atom. The molecule has 0 aliphatic heterocycles. The highest BCUT2D eigenvalue weighted by atomic mass is 79.9. The van der Waals surface area contributed by atoms with E-state index in [1.54, 1.807) is 12.1 Å². The number of carbonyl (C=O) groups is 1. The van der Waals surface area contributed by atoms with Crippen molar-refractivity contribution in [3.63, 3.8) is 0 Å². The highest BCUT2D eigenvalue weighted by molar-refractivity contribution is 9.10. The number of aromatic nitrogens is 1. The van der Waals surface area contributed by atoms with Crippen LogP contribution in [0.2, 0.25) is 5.02 Å². The van der Waals surface area contributed by atoms with Crippen molar-refractivity contribution in [2.24, 2.45) is 0 Å². The van der Waals surface area contributed by atoms with Gasteiger partial charge in [-0.25, -0.2) is 4.98 Å². The zero-order chi connectivity index (χ0) is 19.5. The average Bonchev–Trinajstić information content (AvgIpc) is 3.13. The van der Waals surface area contributed by atoms with Crippen LogP contribution in [0.1, 0.15) is 10.4 Å². The number of hydrogen-bond acceptors (Lipinski definition) is 3. The number of carbonyl (C=O) groups excluding carboxylic acids is 1. The van der Waals surface area contributed by atoms with Gasteiger partial charge in [-0.05, 0) is 35.9 Å². The molecule has 0 unspecified atom stereocenters. The summed E-state index contributed by atoms with van der Waals surface area (Å²) < 4.78 is 0.853. The van der Waals surface area contributed by atoms with E-state index in [1.165, 1.54) is 11.3 Å². The molecule has 3 nitrogen and oxygen atoms in total. The van der Waals surface area contributed by atoms with E-state index in [2.05, 4.69) is 21.2 Å². The number of halogens is 2. The van der Waals surface area contributed by atoms with Crippen molar-refractivity contribution >= 4 is 49.9 Å². The lowest BCUT2D eigenvalue weighted by Gasteiger charge is -2.02. The number of nitrogens with zero attached hydrogens (tertiary/aromatic N) is 1.